The Morgan fingerprint density at radius 3 is 1.87 bits per heavy atom. The van der Waals surface area contributed by atoms with Crippen LogP contribution in [0.25, 0.3) is 0 Å². The molecule has 3 aromatic rings. The normalized spacial score (nSPS) is 20.9. The van der Waals surface area contributed by atoms with Crippen molar-refractivity contribution in [2.45, 2.75) is 24.7 Å². The summed E-state index contributed by atoms with van der Waals surface area (Å²) in [6.07, 6.45) is 6.76. The van der Waals surface area contributed by atoms with Crippen molar-refractivity contribution in [3.63, 3.8) is 0 Å². The molecule has 6 rings (SSSR count). The summed E-state index contributed by atoms with van der Waals surface area (Å²) in [5, 5.41) is 0. The second kappa shape index (κ2) is 4.79. The molecule has 0 saturated heterocycles. The molecular formula is C22H20N+. The monoisotopic (exact) mass is 298 g/mol. The van der Waals surface area contributed by atoms with Crippen LogP contribution in [0.4, 0.5) is 0 Å². The molecular weight excluding hydrogens is 278 g/mol. The molecule has 3 aliphatic rings. The summed E-state index contributed by atoms with van der Waals surface area (Å²) in [7, 11) is 2.13. The van der Waals surface area contributed by atoms with E-state index in [1.165, 1.54) is 33.4 Å². The molecule has 23 heavy (non-hydrogen) atoms. The van der Waals surface area contributed by atoms with Crippen molar-refractivity contribution in [1.29, 1.82) is 0 Å². The van der Waals surface area contributed by atoms with Crippen molar-refractivity contribution in [3.8, 4) is 0 Å². The van der Waals surface area contributed by atoms with Gasteiger partial charge in [0.2, 0.25) is 0 Å². The highest BCUT2D eigenvalue weighted by Gasteiger charge is 2.36. The first-order chi connectivity index (χ1) is 11.3. The van der Waals surface area contributed by atoms with E-state index >= 15 is 0 Å². The standard InChI is InChI=1S/C22H20N/c1-23-11-10-19-20-12-15-6-2-3-7-16(15)13-21(22(19)14-23)18-9-5-4-8-17(18)20/h2-11,14,20-21H,12-13H2,1H3/q+1. The number of pyridine rings is 1. The van der Waals surface area contributed by atoms with Crippen molar-refractivity contribution < 1.29 is 4.57 Å². The largest absolute Gasteiger partial charge is 0.207 e. The average Bonchev–Trinajstić information content (AvgIpc) is 2.56. The lowest BCUT2D eigenvalue weighted by atomic mass is 9.67. The number of rotatable bonds is 0. The number of nitrogens with zero attached hydrogens (tertiary/aromatic N) is 1. The molecule has 2 bridgehead atoms. The molecule has 2 unspecified atom stereocenters. The third-order valence-electron chi connectivity index (χ3n) is 5.63. The third-order valence-corrected chi connectivity index (χ3v) is 5.63. The summed E-state index contributed by atoms with van der Waals surface area (Å²) >= 11 is 0. The van der Waals surface area contributed by atoms with Gasteiger partial charge in [0.25, 0.3) is 0 Å². The quantitative estimate of drug-likeness (QED) is 0.554. The summed E-state index contributed by atoms with van der Waals surface area (Å²) in [4.78, 5) is 0. The lowest BCUT2D eigenvalue weighted by Gasteiger charge is -2.36. The first kappa shape index (κ1) is 13.1. The maximum atomic E-state index is 2.34. The number of aromatic nitrogens is 1. The van der Waals surface area contributed by atoms with E-state index in [1.807, 2.05) is 0 Å². The van der Waals surface area contributed by atoms with Crippen molar-refractivity contribution in [2.75, 3.05) is 0 Å². The molecule has 0 amide bonds. The van der Waals surface area contributed by atoms with Gasteiger partial charge in [-0.1, -0.05) is 48.5 Å². The molecule has 0 fully saturated rings. The Hall–Kier alpha value is -2.41. The molecule has 112 valence electrons. The van der Waals surface area contributed by atoms with Crippen LogP contribution in [-0.2, 0) is 19.9 Å². The fourth-order valence-corrected chi connectivity index (χ4v) is 4.56. The summed E-state index contributed by atoms with van der Waals surface area (Å²) in [6.45, 7) is 0. The number of benzene rings is 2. The van der Waals surface area contributed by atoms with Gasteiger partial charge in [-0.15, -0.1) is 0 Å². The zero-order chi connectivity index (χ0) is 15.4. The third kappa shape index (κ3) is 1.89. The lowest BCUT2D eigenvalue weighted by Crippen LogP contribution is -2.32. The molecule has 1 heteroatoms. The van der Waals surface area contributed by atoms with Crippen molar-refractivity contribution >= 4 is 0 Å². The molecule has 1 nitrogen and oxygen atoms in total. The second-order valence-corrected chi connectivity index (χ2v) is 6.93. The Balaban J connectivity index is 1.81. The molecule has 0 radical (unpaired) electrons. The summed E-state index contributed by atoms with van der Waals surface area (Å²) in [5.41, 5.74) is 9.17. The van der Waals surface area contributed by atoms with E-state index < -0.39 is 0 Å². The molecule has 2 aromatic carbocycles. The lowest BCUT2D eigenvalue weighted by molar-refractivity contribution is -0.672. The zero-order valence-electron chi connectivity index (χ0n) is 13.4. The fraction of sp³-hybridized carbons (Fsp3) is 0.227. The van der Waals surface area contributed by atoms with Gasteiger partial charge >= 0.3 is 0 Å². The van der Waals surface area contributed by atoms with E-state index in [2.05, 4.69) is 78.6 Å². The van der Waals surface area contributed by atoms with Gasteiger partial charge in [-0.25, -0.2) is 4.57 Å². The van der Waals surface area contributed by atoms with Crippen LogP contribution in [0.5, 0.6) is 0 Å². The highest BCUT2D eigenvalue weighted by Crippen LogP contribution is 2.47. The second-order valence-electron chi connectivity index (χ2n) is 6.93. The first-order valence-corrected chi connectivity index (χ1v) is 8.46. The minimum absolute atomic E-state index is 0.478. The summed E-state index contributed by atoms with van der Waals surface area (Å²) < 4.78 is 2.20. The van der Waals surface area contributed by atoms with Gasteiger partial charge in [-0.2, -0.15) is 0 Å². The molecule has 3 aliphatic carbocycles. The Morgan fingerprint density at radius 2 is 1.22 bits per heavy atom. The van der Waals surface area contributed by atoms with Gasteiger partial charge in [-0.05, 0) is 40.7 Å². The smallest absolute Gasteiger partial charge is 0.172 e. The highest BCUT2D eigenvalue weighted by molar-refractivity contribution is 5.55. The molecule has 2 atom stereocenters. The van der Waals surface area contributed by atoms with Gasteiger partial charge in [0.05, 0.1) is 0 Å². The van der Waals surface area contributed by atoms with Crippen LogP contribution in [0.3, 0.4) is 0 Å². The average molecular weight is 298 g/mol. The Morgan fingerprint density at radius 1 is 0.696 bits per heavy atom. The van der Waals surface area contributed by atoms with E-state index in [-0.39, 0.29) is 0 Å². The van der Waals surface area contributed by atoms with Crippen LogP contribution < -0.4 is 4.57 Å². The van der Waals surface area contributed by atoms with Gasteiger partial charge in [0.15, 0.2) is 12.4 Å². The van der Waals surface area contributed by atoms with Crippen LogP contribution in [0.2, 0.25) is 0 Å². The minimum Gasteiger partial charge on any atom is -0.207 e. The van der Waals surface area contributed by atoms with Crippen LogP contribution in [0.15, 0.2) is 67.0 Å². The summed E-state index contributed by atoms with van der Waals surface area (Å²) in [5.74, 6) is 0.964. The van der Waals surface area contributed by atoms with Gasteiger partial charge in [0, 0.05) is 23.5 Å². The van der Waals surface area contributed by atoms with Crippen molar-refractivity contribution in [3.05, 3.63) is 100 Å². The Bertz CT molecular complexity index is 909. The van der Waals surface area contributed by atoms with Crippen LogP contribution in [-0.4, -0.2) is 0 Å². The Kier molecular flexibility index (Phi) is 2.72. The fourth-order valence-electron chi connectivity index (χ4n) is 4.56. The molecule has 1 heterocycles. The van der Waals surface area contributed by atoms with Gasteiger partial charge in [0.1, 0.15) is 7.05 Å². The van der Waals surface area contributed by atoms with Crippen LogP contribution in [0, 0.1) is 0 Å². The number of hydrogen-bond acceptors (Lipinski definition) is 0. The summed E-state index contributed by atoms with van der Waals surface area (Å²) in [6, 6.07) is 20.4. The van der Waals surface area contributed by atoms with E-state index in [0.29, 0.717) is 11.8 Å². The van der Waals surface area contributed by atoms with Crippen LogP contribution >= 0.6 is 0 Å². The predicted molar refractivity (Wildman–Crippen MR) is 91.6 cm³/mol. The van der Waals surface area contributed by atoms with Crippen LogP contribution in [0.1, 0.15) is 45.2 Å². The van der Waals surface area contributed by atoms with E-state index in [1.54, 1.807) is 0 Å². The first-order valence-electron chi connectivity index (χ1n) is 8.46. The predicted octanol–water partition coefficient (Wildman–Crippen LogP) is 3.89. The molecule has 0 saturated carbocycles. The maximum absolute atomic E-state index is 2.34. The maximum Gasteiger partial charge on any atom is 0.172 e. The molecule has 0 spiro atoms. The van der Waals surface area contributed by atoms with Crippen molar-refractivity contribution in [2.24, 2.45) is 7.05 Å². The van der Waals surface area contributed by atoms with E-state index in [0.717, 1.165) is 12.8 Å². The van der Waals surface area contributed by atoms with E-state index in [4.69, 9.17) is 0 Å². The minimum atomic E-state index is 0.478. The number of hydrogen-bond donors (Lipinski definition) is 0. The highest BCUT2D eigenvalue weighted by atomic mass is 14.9. The zero-order valence-corrected chi connectivity index (χ0v) is 13.4. The number of aryl methyl sites for hydroxylation is 1. The topological polar surface area (TPSA) is 3.88 Å². The SMILES string of the molecule is C[n+]1ccc2c(c1)C1Cc3ccccc3CC2c2ccccc21. The molecule has 0 N–H and O–H groups in total. The van der Waals surface area contributed by atoms with Gasteiger partial charge < -0.3 is 0 Å². The molecule has 1 aromatic heterocycles. The Labute approximate surface area is 137 Å². The van der Waals surface area contributed by atoms with E-state index in [9.17, 15) is 0 Å². The molecule has 0 aliphatic heterocycles. The van der Waals surface area contributed by atoms with Gasteiger partial charge in [-0.3, -0.25) is 0 Å². The van der Waals surface area contributed by atoms with Crippen molar-refractivity contribution in [1.82, 2.24) is 0 Å².